The van der Waals surface area contributed by atoms with E-state index in [1.54, 1.807) is 12.4 Å². The fourth-order valence-corrected chi connectivity index (χ4v) is 3.40. The van der Waals surface area contributed by atoms with Gasteiger partial charge in [0.15, 0.2) is 5.75 Å². The van der Waals surface area contributed by atoms with Crippen LogP contribution >= 0.6 is 27.3 Å². The maximum absolute atomic E-state index is 5.95. The van der Waals surface area contributed by atoms with Crippen LogP contribution in [0, 0.1) is 0 Å². The van der Waals surface area contributed by atoms with Crippen LogP contribution in [0.25, 0.3) is 20.9 Å². The summed E-state index contributed by atoms with van der Waals surface area (Å²) in [6, 6.07) is 9.62. The quantitative estimate of drug-likeness (QED) is 0.529. The average Bonchev–Trinajstić information content (AvgIpc) is 3.16. The van der Waals surface area contributed by atoms with E-state index in [0.717, 1.165) is 25.2 Å². The Kier molecular flexibility index (Phi) is 3.51. The maximum Gasteiger partial charge on any atom is 0.238 e. The van der Waals surface area contributed by atoms with Crippen LogP contribution in [0.4, 0.5) is 5.88 Å². The lowest BCUT2D eigenvalue weighted by molar-refractivity contribution is 0.486. The first kappa shape index (κ1) is 14.2. The Morgan fingerprint density at radius 3 is 2.70 bits per heavy atom. The topological polar surface area (TPSA) is 74.2 Å². The van der Waals surface area contributed by atoms with E-state index >= 15 is 0 Å². The number of halogens is 1. The Morgan fingerprint density at radius 2 is 1.96 bits per heavy atom. The highest BCUT2D eigenvalue weighted by molar-refractivity contribution is 9.10. The molecule has 114 valence electrons. The Hall–Kier alpha value is -2.38. The Bertz CT molecular complexity index is 979. The van der Waals surface area contributed by atoms with Gasteiger partial charge in [0.25, 0.3) is 0 Å². The first-order chi connectivity index (χ1) is 11.2. The third-order valence-corrected chi connectivity index (χ3v) is 4.77. The van der Waals surface area contributed by atoms with Gasteiger partial charge >= 0.3 is 0 Å². The van der Waals surface area contributed by atoms with Gasteiger partial charge in [-0.1, -0.05) is 15.9 Å². The van der Waals surface area contributed by atoms with E-state index in [1.807, 2.05) is 30.3 Å². The fraction of sp³-hybridized carbons (Fsp3) is 0. The lowest BCUT2D eigenvalue weighted by atomic mass is 10.3. The van der Waals surface area contributed by atoms with Crippen molar-refractivity contribution in [2.45, 2.75) is 0 Å². The molecule has 0 aliphatic heterocycles. The molecular weight excluding hydrogens is 378 g/mol. The molecule has 5 nitrogen and oxygen atoms in total. The summed E-state index contributed by atoms with van der Waals surface area (Å²) in [4.78, 5) is 9.28. The highest BCUT2D eigenvalue weighted by atomic mass is 79.9. The molecule has 7 heteroatoms. The van der Waals surface area contributed by atoms with E-state index in [1.165, 1.54) is 17.5 Å². The predicted molar refractivity (Wildman–Crippen MR) is 93.7 cm³/mol. The summed E-state index contributed by atoms with van der Waals surface area (Å²) in [5.41, 5.74) is 5.59. The average molecular weight is 388 g/mol. The lowest BCUT2D eigenvalue weighted by Crippen LogP contribution is -1.85. The zero-order valence-corrected chi connectivity index (χ0v) is 14.1. The van der Waals surface area contributed by atoms with Crippen LogP contribution in [-0.2, 0) is 0 Å². The van der Waals surface area contributed by atoms with Gasteiger partial charge in [0.05, 0.1) is 22.0 Å². The zero-order chi connectivity index (χ0) is 15.8. The highest BCUT2D eigenvalue weighted by Crippen LogP contribution is 2.38. The molecule has 23 heavy (non-hydrogen) atoms. The number of nitrogen functional groups attached to an aromatic ring is 1. The van der Waals surface area contributed by atoms with Gasteiger partial charge in [0, 0.05) is 16.1 Å². The van der Waals surface area contributed by atoms with Crippen molar-refractivity contribution < 1.29 is 9.15 Å². The van der Waals surface area contributed by atoms with Crippen molar-refractivity contribution in [3.05, 3.63) is 53.4 Å². The van der Waals surface area contributed by atoms with E-state index in [0.29, 0.717) is 17.5 Å². The van der Waals surface area contributed by atoms with Gasteiger partial charge in [-0.2, -0.15) is 0 Å². The largest absolute Gasteiger partial charge is 0.455 e. The molecule has 4 aromatic rings. The number of nitrogens with zero attached hydrogens (tertiary/aromatic N) is 2. The maximum atomic E-state index is 5.95. The van der Waals surface area contributed by atoms with Crippen LogP contribution in [0.15, 0.2) is 57.8 Å². The molecule has 3 heterocycles. The molecule has 0 unspecified atom stereocenters. The number of thiophene rings is 1. The molecule has 1 aromatic carbocycles. The summed E-state index contributed by atoms with van der Waals surface area (Å²) >= 11 is 4.94. The minimum atomic E-state index is 0.293. The lowest BCUT2D eigenvalue weighted by Gasteiger charge is -2.06. The third kappa shape index (κ3) is 2.80. The van der Waals surface area contributed by atoms with E-state index in [9.17, 15) is 0 Å². The number of benzene rings is 1. The third-order valence-electron chi connectivity index (χ3n) is 3.19. The van der Waals surface area contributed by atoms with E-state index < -0.39 is 0 Å². The number of hydrogen-bond acceptors (Lipinski definition) is 6. The van der Waals surface area contributed by atoms with Crippen LogP contribution in [-0.4, -0.2) is 9.97 Å². The summed E-state index contributed by atoms with van der Waals surface area (Å²) in [6.45, 7) is 0. The minimum Gasteiger partial charge on any atom is -0.455 e. The van der Waals surface area contributed by atoms with Crippen LogP contribution in [0.1, 0.15) is 0 Å². The van der Waals surface area contributed by atoms with Gasteiger partial charge in [0.1, 0.15) is 5.75 Å². The summed E-state index contributed by atoms with van der Waals surface area (Å²) < 4.78 is 13.3. The smallest absolute Gasteiger partial charge is 0.238 e. The number of anilines is 1. The van der Waals surface area contributed by atoms with Crippen molar-refractivity contribution in [3.8, 4) is 22.3 Å². The molecule has 0 aliphatic rings. The van der Waals surface area contributed by atoms with Gasteiger partial charge < -0.3 is 14.9 Å². The molecule has 0 atom stereocenters. The number of nitrogens with two attached hydrogens (primary N) is 1. The number of ether oxygens (including phenoxy) is 1. The molecule has 0 fully saturated rings. The van der Waals surface area contributed by atoms with Crippen molar-refractivity contribution in [3.63, 3.8) is 0 Å². The Balaban J connectivity index is 1.75. The molecular formula is C16H10BrN3O2S. The molecule has 0 saturated heterocycles. The second-order valence-electron chi connectivity index (χ2n) is 4.78. The number of aromatic nitrogens is 2. The van der Waals surface area contributed by atoms with Crippen LogP contribution in [0.5, 0.6) is 11.5 Å². The van der Waals surface area contributed by atoms with Crippen molar-refractivity contribution in [2.75, 3.05) is 5.73 Å². The SMILES string of the molecule is Nc1cnc(-c2cc3c(Oc4ccc(Br)cc4)cncc3s2)o1. The van der Waals surface area contributed by atoms with E-state index in [-0.39, 0.29) is 0 Å². The number of fused-ring (bicyclic) bond motifs is 1. The van der Waals surface area contributed by atoms with Gasteiger partial charge in [0.2, 0.25) is 11.8 Å². The fourth-order valence-electron chi connectivity index (χ4n) is 2.15. The summed E-state index contributed by atoms with van der Waals surface area (Å²) in [5, 5.41) is 0.958. The Labute approximate surface area is 143 Å². The second kappa shape index (κ2) is 5.68. The van der Waals surface area contributed by atoms with Crippen molar-refractivity contribution >= 4 is 43.2 Å². The summed E-state index contributed by atoms with van der Waals surface area (Å²) in [7, 11) is 0. The second-order valence-corrected chi connectivity index (χ2v) is 6.78. The molecule has 0 radical (unpaired) electrons. The molecule has 4 rings (SSSR count). The zero-order valence-electron chi connectivity index (χ0n) is 11.7. The number of oxazole rings is 1. The first-order valence-electron chi connectivity index (χ1n) is 6.72. The number of hydrogen-bond donors (Lipinski definition) is 1. The molecule has 0 amide bonds. The monoisotopic (exact) mass is 387 g/mol. The first-order valence-corrected chi connectivity index (χ1v) is 8.32. The normalized spacial score (nSPS) is 11.0. The highest BCUT2D eigenvalue weighted by Gasteiger charge is 2.13. The Morgan fingerprint density at radius 1 is 1.13 bits per heavy atom. The molecule has 0 saturated carbocycles. The van der Waals surface area contributed by atoms with Crippen LogP contribution in [0.2, 0.25) is 0 Å². The van der Waals surface area contributed by atoms with Crippen LogP contribution < -0.4 is 10.5 Å². The molecule has 3 aromatic heterocycles. The van der Waals surface area contributed by atoms with Crippen molar-refractivity contribution in [2.24, 2.45) is 0 Å². The van der Waals surface area contributed by atoms with Gasteiger partial charge in [-0.15, -0.1) is 11.3 Å². The van der Waals surface area contributed by atoms with E-state index in [4.69, 9.17) is 14.9 Å². The van der Waals surface area contributed by atoms with Gasteiger partial charge in [-0.25, -0.2) is 4.98 Å². The summed E-state index contributed by atoms with van der Waals surface area (Å²) in [6.07, 6.45) is 4.99. The number of rotatable bonds is 3. The summed E-state index contributed by atoms with van der Waals surface area (Å²) in [5.74, 6) is 2.22. The van der Waals surface area contributed by atoms with Gasteiger partial charge in [-0.3, -0.25) is 4.98 Å². The standard InChI is InChI=1S/C16H10BrN3O2S/c17-9-1-3-10(4-2-9)21-12-6-19-7-14-11(12)5-13(23-14)16-20-8-15(18)22-16/h1-8H,18H2. The van der Waals surface area contributed by atoms with Gasteiger partial charge in [-0.05, 0) is 30.3 Å². The molecule has 0 aliphatic carbocycles. The molecule has 0 bridgehead atoms. The van der Waals surface area contributed by atoms with E-state index in [2.05, 4.69) is 25.9 Å². The molecule has 0 spiro atoms. The minimum absolute atomic E-state index is 0.293. The predicted octanol–water partition coefficient (Wildman–Crippen LogP) is 5.09. The van der Waals surface area contributed by atoms with Crippen molar-refractivity contribution in [1.82, 2.24) is 9.97 Å². The molecule has 2 N–H and O–H groups in total. The number of pyridine rings is 1. The van der Waals surface area contributed by atoms with Crippen LogP contribution in [0.3, 0.4) is 0 Å². The van der Waals surface area contributed by atoms with Crippen molar-refractivity contribution in [1.29, 1.82) is 0 Å².